The van der Waals surface area contributed by atoms with Crippen molar-refractivity contribution in [2.24, 2.45) is 0 Å². The van der Waals surface area contributed by atoms with Gasteiger partial charge in [0.05, 0.1) is 26.9 Å². The third-order valence-electron chi connectivity index (χ3n) is 7.51. The van der Waals surface area contributed by atoms with Gasteiger partial charge < -0.3 is 21.7 Å². The van der Waals surface area contributed by atoms with Crippen LogP contribution in [0, 0.1) is 13.8 Å². The number of hydrogen-bond acceptors (Lipinski definition) is 9. The number of pyridine rings is 2. The summed E-state index contributed by atoms with van der Waals surface area (Å²) < 4.78 is 3.53. The molecule has 14 nitrogen and oxygen atoms in total. The van der Waals surface area contributed by atoms with Gasteiger partial charge in [-0.2, -0.15) is 10.2 Å². The molecule has 3 amide bonds. The molecular weight excluding hydrogens is 974 g/mol. The number of carbonyl (C=O) groups is 4. The van der Waals surface area contributed by atoms with E-state index in [1.54, 1.807) is 68.8 Å². The van der Waals surface area contributed by atoms with Gasteiger partial charge in [0.25, 0.3) is 23.0 Å². The molecule has 4 heterocycles. The van der Waals surface area contributed by atoms with Crippen LogP contribution in [0.5, 0.6) is 0 Å². The first-order valence-electron chi connectivity index (χ1n) is 16.0. The van der Waals surface area contributed by atoms with Crippen molar-refractivity contribution in [1.29, 1.82) is 0 Å². The fourth-order valence-electron chi connectivity index (χ4n) is 4.87. The van der Waals surface area contributed by atoms with Gasteiger partial charge in [-0.25, -0.2) is 19.3 Å². The number of carbonyl (C=O) groups excluding carboxylic acids is 4. The van der Waals surface area contributed by atoms with Crippen molar-refractivity contribution < 1.29 is 19.2 Å². The van der Waals surface area contributed by atoms with Gasteiger partial charge in [-0.1, -0.05) is 46.4 Å². The van der Waals surface area contributed by atoms with Crippen molar-refractivity contribution in [2.75, 3.05) is 25.1 Å². The number of anilines is 2. The Balaban J connectivity index is 0.000000209. The van der Waals surface area contributed by atoms with Crippen LogP contribution in [-0.2, 0) is 0 Å². The lowest BCUT2D eigenvalue weighted by Crippen LogP contribution is -2.23. The second kappa shape index (κ2) is 20.2. The minimum atomic E-state index is -0.625. The average molecular weight is 1000 g/mol. The van der Waals surface area contributed by atoms with Crippen LogP contribution >= 0.6 is 89.9 Å². The van der Waals surface area contributed by atoms with E-state index in [4.69, 9.17) is 63.7 Å². The lowest BCUT2D eigenvalue weighted by molar-refractivity contribution is 0.0955. The molecule has 296 valence electrons. The largest absolute Gasteiger partial charge is 0.398 e. The molecule has 0 saturated heterocycles. The van der Waals surface area contributed by atoms with E-state index in [0.29, 0.717) is 63.4 Å². The van der Waals surface area contributed by atoms with Crippen molar-refractivity contribution in [1.82, 2.24) is 40.2 Å². The van der Waals surface area contributed by atoms with E-state index in [1.165, 1.54) is 34.6 Å². The fraction of sp³-hybridized carbons (Fsp3) is 0.111. The summed E-state index contributed by atoms with van der Waals surface area (Å²) in [7, 11) is 3.05. The Hall–Kier alpha value is -4.55. The molecule has 21 heteroatoms. The topological polar surface area (TPSA) is 192 Å². The highest BCUT2D eigenvalue weighted by Crippen LogP contribution is 2.28. The fourth-order valence-corrected chi connectivity index (χ4v) is 6.71. The third kappa shape index (κ3) is 11.3. The van der Waals surface area contributed by atoms with Crippen molar-refractivity contribution in [3.63, 3.8) is 0 Å². The van der Waals surface area contributed by atoms with Crippen LogP contribution in [0.15, 0.2) is 82.3 Å². The average Bonchev–Trinajstić information content (AvgIpc) is 3.76. The van der Waals surface area contributed by atoms with E-state index in [1.807, 2.05) is 6.92 Å². The van der Waals surface area contributed by atoms with Gasteiger partial charge in [-0.05, 0) is 117 Å². The Morgan fingerprint density at radius 3 is 1.61 bits per heavy atom. The maximum absolute atomic E-state index is 13.0. The van der Waals surface area contributed by atoms with E-state index in [9.17, 15) is 19.2 Å². The number of amides is 3. The summed E-state index contributed by atoms with van der Waals surface area (Å²) in [5.41, 5.74) is 9.05. The normalized spacial score (nSPS) is 10.4. The van der Waals surface area contributed by atoms with Gasteiger partial charge in [-0.15, -0.1) is 0 Å². The Bertz CT molecular complexity index is 2500. The smallest absolute Gasteiger partial charge is 0.274 e. The number of nitrogen functional groups attached to an aromatic ring is 1. The number of halogens is 7. The molecular formula is C36H29Br2Cl5N10O4. The van der Waals surface area contributed by atoms with Crippen molar-refractivity contribution in [3.8, 4) is 11.6 Å². The summed E-state index contributed by atoms with van der Waals surface area (Å²) in [4.78, 5) is 55.9. The molecule has 57 heavy (non-hydrogen) atoms. The molecule has 0 fully saturated rings. The molecule has 4 aromatic heterocycles. The highest BCUT2D eigenvalue weighted by molar-refractivity contribution is 9.10. The quantitative estimate of drug-likeness (QED) is 0.0894. The zero-order valence-corrected chi connectivity index (χ0v) is 36.9. The summed E-state index contributed by atoms with van der Waals surface area (Å²) in [6, 6.07) is 16.1. The lowest BCUT2D eigenvalue weighted by Gasteiger charge is -2.14. The molecule has 0 spiro atoms. The molecule has 0 unspecified atom stereocenters. The maximum Gasteiger partial charge on any atom is 0.274 e. The first-order chi connectivity index (χ1) is 27.0. The van der Waals surface area contributed by atoms with Crippen molar-refractivity contribution in [2.45, 2.75) is 13.8 Å². The van der Waals surface area contributed by atoms with E-state index in [2.05, 4.69) is 68.0 Å². The second-order valence-corrected chi connectivity index (χ2v) is 15.0. The first kappa shape index (κ1) is 45.2. The standard InChI is InChI=1S/C18H14BrCl2N5O2.C9H4BrCl2N3O.C9H11ClN2O/c1-9-6-10(20)7-11(17(27)22-2)15(9)24-18(28)13-8-14(19)25-26(13)16-12(21)4-3-5-23-16;10-7-4-6(8(12)16)15(14-7)9-5(11)2-1-3-13-9;1-5-3-6(10)4-7(8(5)11)9(13)12-2/h3-8H,1-2H3,(H,22,27)(H,24,28);1-4H;3-4H,11H2,1-2H3,(H,12,13). The molecule has 0 saturated carbocycles. The molecule has 6 aromatic rings. The maximum atomic E-state index is 13.0. The Labute approximate surface area is 367 Å². The first-order valence-corrected chi connectivity index (χ1v) is 19.5. The van der Waals surface area contributed by atoms with Crippen LogP contribution in [0.2, 0.25) is 20.1 Å². The number of nitrogens with one attached hydrogen (secondary N) is 3. The molecule has 0 bridgehead atoms. The number of nitrogens with two attached hydrogens (primary N) is 1. The van der Waals surface area contributed by atoms with Gasteiger partial charge in [0.1, 0.15) is 20.6 Å². The van der Waals surface area contributed by atoms with Crippen LogP contribution in [0.3, 0.4) is 0 Å². The van der Waals surface area contributed by atoms with Gasteiger partial charge in [-0.3, -0.25) is 19.2 Å². The van der Waals surface area contributed by atoms with Crippen LogP contribution in [0.4, 0.5) is 11.4 Å². The molecule has 0 aliphatic heterocycles. The summed E-state index contributed by atoms with van der Waals surface area (Å²) in [6.07, 6.45) is 3.10. The zero-order valence-electron chi connectivity index (χ0n) is 30.0. The second-order valence-electron chi connectivity index (χ2n) is 11.4. The Kier molecular flexibility index (Phi) is 16.0. The number of rotatable bonds is 7. The SMILES string of the molecule is CNC(=O)c1cc(Cl)cc(C)c1N.CNC(=O)c1cc(Cl)cc(C)c1NC(=O)c1cc(Br)nn1-c1ncccc1Cl.O=C(Cl)c1cc(Br)nn1-c1ncccc1Cl. The zero-order chi connectivity index (χ0) is 42.1. The Morgan fingerprint density at radius 2 is 1.12 bits per heavy atom. The van der Waals surface area contributed by atoms with Gasteiger partial charge >= 0.3 is 0 Å². The van der Waals surface area contributed by atoms with E-state index in [0.717, 1.165) is 5.56 Å². The molecule has 2 aromatic carbocycles. The molecule has 0 radical (unpaired) electrons. The predicted molar refractivity (Wildman–Crippen MR) is 230 cm³/mol. The Morgan fingerprint density at radius 1 is 0.667 bits per heavy atom. The van der Waals surface area contributed by atoms with E-state index >= 15 is 0 Å². The van der Waals surface area contributed by atoms with Crippen LogP contribution in [-0.4, -0.2) is 66.6 Å². The summed E-state index contributed by atoms with van der Waals surface area (Å²) >= 11 is 35.9. The summed E-state index contributed by atoms with van der Waals surface area (Å²) in [5, 5.41) is 17.1. The minimum absolute atomic E-state index is 0.185. The molecule has 0 aliphatic rings. The number of aromatic nitrogens is 6. The van der Waals surface area contributed by atoms with Crippen molar-refractivity contribution in [3.05, 3.63) is 136 Å². The molecule has 5 N–H and O–H groups in total. The van der Waals surface area contributed by atoms with E-state index in [-0.39, 0.29) is 28.8 Å². The highest BCUT2D eigenvalue weighted by Gasteiger charge is 2.22. The molecule has 6 rings (SSSR count). The van der Waals surface area contributed by atoms with Gasteiger partial charge in [0.15, 0.2) is 11.6 Å². The van der Waals surface area contributed by atoms with Gasteiger partial charge in [0.2, 0.25) is 0 Å². The van der Waals surface area contributed by atoms with Crippen molar-refractivity contribution >= 4 is 124 Å². The van der Waals surface area contributed by atoms with Crippen LogP contribution < -0.4 is 21.7 Å². The summed E-state index contributed by atoms with van der Waals surface area (Å²) in [5.74, 6) is -0.416. The lowest BCUT2D eigenvalue weighted by atomic mass is 10.1. The highest BCUT2D eigenvalue weighted by atomic mass is 79.9. The van der Waals surface area contributed by atoms with Gasteiger partial charge in [0, 0.05) is 54.4 Å². The third-order valence-corrected chi connectivity index (χ3v) is 9.50. The number of aryl methyl sites for hydroxylation is 2. The predicted octanol–water partition coefficient (Wildman–Crippen LogP) is 8.91. The minimum Gasteiger partial charge on any atom is -0.398 e. The molecule has 0 aliphatic carbocycles. The molecule has 0 atom stereocenters. The monoisotopic (exact) mass is 998 g/mol. The van der Waals surface area contributed by atoms with Crippen LogP contribution in [0.25, 0.3) is 11.6 Å². The number of nitrogens with zero attached hydrogens (tertiary/aromatic N) is 6. The van der Waals surface area contributed by atoms with E-state index < -0.39 is 11.1 Å². The number of benzene rings is 2. The van der Waals surface area contributed by atoms with Crippen LogP contribution in [0.1, 0.15) is 52.8 Å². The summed E-state index contributed by atoms with van der Waals surface area (Å²) in [6.45, 7) is 3.56. The number of hydrogen-bond donors (Lipinski definition) is 4.